The highest BCUT2D eigenvalue weighted by Gasteiger charge is 2.14. The molecule has 0 aliphatic carbocycles. The Bertz CT molecular complexity index is 619. The van der Waals surface area contributed by atoms with Crippen molar-refractivity contribution >= 4 is 17.5 Å². The number of amides is 1. The van der Waals surface area contributed by atoms with E-state index < -0.39 is 17.8 Å². The Morgan fingerprint density at radius 1 is 1.24 bits per heavy atom. The van der Waals surface area contributed by atoms with Crippen LogP contribution < -0.4 is 5.32 Å². The molecule has 21 heavy (non-hydrogen) atoms. The maximum absolute atomic E-state index is 13.3. The lowest BCUT2D eigenvalue weighted by Crippen LogP contribution is -2.39. The minimum Gasteiger partial charge on any atom is -0.394 e. The second kappa shape index (κ2) is 7.20. The number of hydrogen-bond acceptors (Lipinski definition) is 2. The van der Waals surface area contributed by atoms with Crippen LogP contribution in [0.3, 0.4) is 0 Å². The van der Waals surface area contributed by atoms with Gasteiger partial charge in [0.15, 0.2) is 0 Å². The van der Waals surface area contributed by atoms with Gasteiger partial charge in [-0.2, -0.15) is 0 Å². The second-order valence-electron chi connectivity index (χ2n) is 4.67. The summed E-state index contributed by atoms with van der Waals surface area (Å²) in [5, 5.41) is 12.0. The number of benzene rings is 2. The Morgan fingerprint density at radius 3 is 2.57 bits per heavy atom. The van der Waals surface area contributed by atoms with Gasteiger partial charge in [-0.15, -0.1) is 0 Å². The molecule has 0 heterocycles. The fraction of sp³-hybridized carbons (Fsp3) is 0.188. The number of aliphatic hydroxyl groups excluding tert-OH is 1. The van der Waals surface area contributed by atoms with E-state index in [-0.39, 0.29) is 17.2 Å². The first kappa shape index (κ1) is 15.5. The largest absolute Gasteiger partial charge is 0.394 e. The normalized spacial score (nSPS) is 12.0. The molecule has 0 aromatic heterocycles. The van der Waals surface area contributed by atoms with E-state index in [0.29, 0.717) is 6.42 Å². The second-order valence-corrected chi connectivity index (χ2v) is 5.08. The van der Waals surface area contributed by atoms with E-state index >= 15 is 0 Å². The predicted octanol–water partition coefficient (Wildman–Crippen LogP) is 2.81. The number of rotatable bonds is 5. The predicted molar refractivity (Wildman–Crippen MR) is 79.9 cm³/mol. The summed E-state index contributed by atoms with van der Waals surface area (Å²) >= 11 is 5.58. The highest BCUT2D eigenvalue weighted by Crippen LogP contribution is 2.15. The Hall–Kier alpha value is -1.91. The SMILES string of the molecule is O=C(NC(CO)Cc1ccccc1)c1ccc(Cl)c(F)c1. The van der Waals surface area contributed by atoms with E-state index in [0.717, 1.165) is 11.6 Å². The summed E-state index contributed by atoms with van der Waals surface area (Å²) in [5.41, 5.74) is 1.17. The van der Waals surface area contributed by atoms with Crippen molar-refractivity contribution in [2.45, 2.75) is 12.5 Å². The van der Waals surface area contributed by atoms with Gasteiger partial charge in [0.25, 0.3) is 5.91 Å². The van der Waals surface area contributed by atoms with Crippen LogP contribution in [-0.4, -0.2) is 23.7 Å². The standard InChI is InChI=1S/C16H15ClFNO2/c17-14-7-6-12(9-15(14)18)16(21)19-13(10-20)8-11-4-2-1-3-5-11/h1-7,9,13,20H,8,10H2,(H,19,21). The van der Waals surface area contributed by atoms with Crippen molar-refractivity contribution in [1.29, 1.82) is 0 Å². The molecule has 0 aliphatic rings. The van der Waals surface area contributed by atoms with Crippen molar-refractivity contribution in [2.24, 2.45) is 0 Å². The van der Waals surface area contributed by atoms with Crippen LogP contribution in [0.1, 0.15) is 15.9 Å². The highest BCUT2D eigenvalue weighted by atomic mass is 35.5. The van der Waals surface area contributed by atoms with Gasteiger partial charge < -0.3 is 10.4 Å². The van der Waals surface area contributed by atoms with Gasteiger partial charge in [0.2, 0.25) is 0 Å². The first-order valence-electron chi connectivity index (χ1n) is 6.51. The summed E-state index contributed by atoms with van der Waals surface area (Å²) in [6.07, 6.45) is 0.499. The van der Waals surface area contributed by atoms with Crippen molar-refractivity contribution in [2.75, 3.05) is 6.61 Å². The first-order chi connectivity index (χ1) is 10.1. The molecule has 0 saturated heterocycles. The molecule has 0 bridgehead atoms. The zero-order valence-electron chi connectivity index (χ0n) is 11.2. The van der Waals surface area contributed by atoms with Crippen molar-refractivity contribution < 1.29 is 14.3 Å². The van der Waals surface area contributed by atoms with E-state index in [4.69, 9.17) is 11.6 Å². The molecule has 5 heteroatoms. The minimum absolute atomic E-state index is 0.0328. The maximum atomic E-state index is 13.3. The fourth-order valence-corrected chi connectivity index (χ4v) is 2.08. The lowest BCUT2D eigenvalue weighted by atomic mass is 10.1. The molecule has 1 atom stereocenters. The molecule has 2 rings (SSSR count). The molecule has 1 unspecified atom stereocenters. The number of halogens is 2. The van der Waals surface area contributed by atoms with Gasteiger partial charge in [-0.05, 0) is 30.2 Å². The Balaban J connectivity index is 2.04. The smallest absolute Gasteiger partial charge is 0.251 e. The zero-order valence-corrected chi connectivity index (χ0v) is 12.0. The number of carbonyl (C=O) groups is 1. The molecule has 0 saturated carbocycles. The average molecular weight is 308 g/mol. The molecule has 3 nitrogen and oxygen atoms in total. The van der Waals surface area contributed by atoms with Crippen molar-refractivity contribution in [3.8, 4) is 0 Å². The molecule has 0 spiro atoms. The van der Waals surface area contributed by atoms with Crippen LogP contribution in [0.2, 0.25) is 5.02 Å². The van der Waals surface area contributed by atoms with E-state index in [1.54, 1.807) is 0 Å². The van der Waals surface area contributed by atoms with E-state index in [9.17, 15) is 14.3 Å². The number of hydrogen-bond donors (Lipinski definition) is 2. The number of carbonyl (C=O) groups excluding carboxylic acids is 1. The van der Waals surface area contributed by atoms with Gasteiger partial charge in [0.1, 0.15) is 5.82 Å². The highest BCUT2D eigenvalue weighted by molar-refractivity contribution is 6.30. The summed E-state index contributed by atoms with van der Waals surface area (Å²) < 4.78 is 13.3. The fourth-order valence-electron chi connectivity index (χ4n) is 1.97. The molecule has 0 radical (unpaired) electrons. The third kappa shape index (κ3) is 4.28. The van der Waals surface area contributed by atoms with Crippen LogP contribution >= 0.6 is 11.6 Å². The van der Waals surface area contributed by atoms with E-state index in [1.165, 1.54) is 12.1 Å². The maximum Gasteiger partial charge on any atom is 0.251 e. The van der Waals surface area contributed by atoms with E-state index in [2.05, 4.69) is 5.32 Å². The van der Waals surface area contributed by atoms with Crippen LogP contribution in [0.15, 0.2) is 48.5 Å². The van der Waals surface area contributed by atoms with Crippen molar-refractivity contribution in [1.82, 2.24) is 5.32 Å². The third-order valence-corrected chi connectivity index (χ3v) is 3.37. The van der Waals surface area contributed by atoms with Crippen LogP contribution in [0.4, 0.5) is 4.39 Å². The zero-order chi connectivity index (χ0) is 15.2. The molecule has 0 fully saturated rings. The average Bonchev–Trinajstić information content (AvgIpc) is 2.50. The summed E-state index contributed by atoms with van der Waals surface area (Å²) in [6, 6.07) is 12.9. The topological polar surface area (TPSA) is 49.3 Å². The van der Waals surface area contributed by atoms with E-state index in [1.807, 2.05) is 30.3 Å². The molecule has 2 aromatic carbocycles. The van der Waals surface area contributed by atoms with Crippen LogP contribution in [-0.2, 0) is 6.42 Å². The van der Waals surface area contributed by atoms with Crippen LogP contribution in [0.5, 0.6) is 0 Å². The molecular formula is C16H15ClFNO2. The van der Waals surface area contributed by atoms with Gasteiger partial charge in [-0.1, -0.05) is 41.9 Å². The Labute approximate surface area is 127 Å². The van der Waals surface area contributed by atoms with Gasteiger partial charge in [-0.25, -0.2) is 4.39 Å². The number of aliphatic hydroxyl groups is 1. The summed E-state index contributed by atoms with van der Waals surface area (Å²) in [6.45, 7) is -0.198. The molecule has 2 N–H and O–H groups in total. The lowest BCUT2D eigenvalue weighted by molar-refractivity contribution is 0.0916. The summed E-state index contributed by atoms with van der Waals surface area (Å²) in [7, 11) is 0. The molecule has 0 aliphatic heterocycles. The Kier molecular flexibility index (Phi) is 5.31. The monoisotopic (exact) mass is 307 g/mol. The lowest BCUT2D eigenvalue weighted by Gasteiger charge is -2.16. The van der Waals surface area contributed by atoms with Gasteiger partial charge in [0.05, 0.1) is 17.7 Å². The number of nitrogens with one attached hydrogen (secondary N) is 1. The summed E-state index contributed by atoms with van der Waals surface area (Å²) in [5.74, 6) is -1.09. The summed E-state index contributed by atoms with van der Waals surface area (Å²) in [4.78, 5) is 12.0. The van der Waals surface area contributed by atoms with Crippen LogP contribution in [0.25, 0.3) is 0 Å². The van der Waals surface area contributed by atoms with Crippen molar-refractivity contribution in [3.05, 3.63) is 70.5 Å². The molecular weight excluding hydrogens is 293 g/mol. The quantitative estimate of drug-likeness (QED) is 0.892. The van der Waals surface area contributed by atoms with Gasteiger partial charge in [-0.3, -0.25) is 4.79 Å². The Morgan fingerprint density at radius 2 is 1.95 bits per heavy atom. The van der Waals surface area contributed by atoms with Crippen molar-refractivity contribution in [3.63, 3.8) is 0 Å². The third-order valence-electron chi connectivity index (χ3n) is 3.06. The first-order valence-corrected chi connectivity index (χ1v) is 6.88. The molecule has 2 aromatic rings. The minimum atomic E-state index is -0.645. The molecule has 110 valence electrons. The molecule has 1 amide bonds. The van der Waals surface area contributed by atoms with Crippen LogP contribution in [0, 0.1) is 5.82 Å². The van der Waals surface area contributed by atoms with Gasteiger partial charge >= 0.3 is 0 Å². The van der Waals surface area contributed by atoms with Gasteiger partial charge in [0, 0.05) is 5.56 Å².